The minimum atomic E-state index is -0.370. The van der Waals surface area contributed by atoms with Gasteiger partial charge in [-0.05, 0) is 104 Å². The van der Waals surface area contributed by atoms with E-state index in [0.717, 1.165) is 33.5 Å². The first kappa shape index (κ1) is 34.8. The smallest absolute Gasteiger partial charge is 0.164 e. The van der Waals surface area contributed by atoms with Crippen molar-refractivity contribution in [2.75, 3.05) is 4.90 Å². The molecule has 1 aliphatic carbocycles. The Morgan fingerprint density at radius 3 is 1.10 bits per heavy atom. The van der Waals surface area contributed by atoms with Crippen LogP contribution in [0.5, 0.6) is 0 Å². The van der Waals surface area contributed by atoms with Crippen molar-refractivity contribution in [2.24, 2.45) is 0 Å². The lowest BCUT2D eigenvalue weighted by molar-refractivity contribution is 0.756. The third kappa shape index (κ3) is 5.38. The molecule has 4 nitrogen and oxygen atoms in total. The van der Waals surface area contributed by atoms with E-state index in [4.69, 9.17) is 15.0 Å². The van der Waals surface area contributed by atoms with Crippen LogP contribution in [0.25, 0.3) is 66.2 Å². The van der Waals surface area contributed by atoms with Crippen LogP contribution in [0.15, 0.2) is 205 Å². The molecule has 0 unspecified atom stereocenters. The van der Waals surface area contributed by atoms with Gasteiger partial charge in [0.2, 0.25) is 0 Å². The Labute approximate surface area is 356 Å². The summed E-state index contributed by atoms with van der Waals surface area (Å²) in [6.45, 7) is 0. The zero-order valence-electron chi connectivity index (χ0n) is 32.2. The fraction of sp³-hybridized carbons (Fsp3) is 0.0185. The highest BCUT2D eigenvalue weighted by Gasteiger charge is 2.52. The Bertz CT molecular complexity index is 3000. The maximum absolute atomic E-state index is 5.13. The summed E-state index contributed by atoms with van der Waals surface area (Å²) in [5.41, 5.74) is 15.9. The van der Waals surface area contributed by atoms with Crippen LogP contribution in [0, 0.1) is 0 Å². The van der Waals surface area contributed by atoms with Crippen molar-refractivity contribution in [2.45, 2.75) is 5.41 Å². The van der Waals surface area contributed by atoms with Crippen LogP contribution in [-0.2, 0) is 5.41 Å². The highest BCUT2D eigenvalue weighted by molar-refractivity contribution is 7.21. The molecule has 4 heterocycles. The molecule has 60 heavy (non-hydrogen) atoms. The lowest BCUT2D eigenvalue weighted by Gasteiger charge is -2.44. The van der Waals surface area contributed by atoms with Gasteiger partial charge in [-0.3, -0.25) is 0 Å². The molecule has 0 atom stereocenters. The molecule has 1 aliphatic heterocycles. The third-order valence-corrected chi connectivity index (χ3v) is 14.0. The molecule has 1 spiro atoms. The van der Waals surface area contributed by atoms with E-state index in [0.29, 0.717) is 17.5 Å². The fourth-order valence-corrected chi connectivity index (χ4v) is 11.3. The van der Waals surface area contributed by atoms with Crippen molar-refractivity contribution < 1.29 is 0 Å². The minimum Gasteiger partial charge on any atom is -0.310 e. The first-order valence-corrected chi connectivity index (χ1v) is 21.8. The maximum Gasteiger partial charge on any atom is 0.164 e. The Balaban J connectivity index is 0.960. The normalized spacial score (nSPS) is 13.1. The van der Waals surface area contributed by atoms with Gasteiger partial charge in [-0.15, -0.1) is 22.7 Å². The highest BCUT2D eigenvalue weighted by atomic mass is 32.1. The van der Waals surface area contributed by atoms with E-state index in [1.54, 1.807) is 0 Å². The number of anilines is 3. The van der Waals surface area contributed by atoms with E-state index in [1.165, 1.54) is 54.5 Å². The summed E-state index contributed by atoms with van der Waals surface area (Å²) in [6, 6.07) is 69.1. The summed E-state index contributed by atoms with van der Waals surface area (Å²) in [6.07, 6.45) is 0. The molecular weight excluding hydrogens is 769 g/mol. The Hall–Kier alpha value is -7.25. The molecule has 0 saturated carbocycles. The summed E-state index contributed by atoms with van der Waals surface area (Å²) < 4.78 is 0. The van der Waals surface area contributed by atoms with Crippen molar-refractivity contribution in [3.05, 3.63) is 227 Å². The number of hydrogen-bond acceptors (Lipinski definition) is 6. The second kappa shape index (κ2) is 13.9. The number of benzene rings is 7. The number of fused-ring (bicyclic) bond motifs is 9. The van der Waals surface area contributed by atoms with Gasteiger partial charge in [-0.2, -0.15) is 0 Å². The number of hydrogen-bond donors (Lipinski definition) is 0. The van der Waals surface area contributed by atoms with E-state index < -0.39 is 0 Å². The average Bonchev–Trinajstić information content (AvgIpc) is 4.07. The number of nitrogens with zero attached hydrogens (tertiary/aromatic N) is 4. The summed E-state index contributed by atoms with van der Waals surface area (Å²) in [5.74, 6) is 1.89. The van der Waals surface area contributed by atoms with Crippen molar-refractivity contribution in [3.63, 3.8) is 0 Å². The summed E-state index contributed by atoms with van der Waals surface area (Å²) >= 11 is 3.70. The molecule has 3 aromatic heterocycles. The van der Waals surface area contributed by atoms with E-state index >= 15 is 0 Å². The first-order valence-electron chi connectivity index (χ1n) is 20.1. The summed E-state index contributed by atoms with van der Waals surface area (Å²) in [7, 11) is 0. The zero-order chi connectivity index (χ0) is 39.6. The zero-order valence-corrected chi connectivity index (χ0v) is 33.9. The molecule has 0 radical (unpaired) electrons. The first-order chi connectivity index (χ1) is 29.7. The second-order valence-corrected chi connectivity index (χ2v) is 17.0. The fourth-order valence-electron chi connectivity index (χ4n) is 9.22. The second-order valence-electron chi connectivity index (χ2n) is 15.2. The standard InChI is InChI=1S/C54H34N4S2/c1-3-11-35(12-4-1)37-19-23-39(24-20-37)51-55-52(40-25-21-38(22-26-40)36-13-5-2-6-14-36)57-53(56-51)41-27-29-42(30-28-41)58-47-17-9-7-15-43(47)54(44-16-8-10-18-48(44)58)45-31-33-59-49(45)50-46(54)32-34-60-50/h1-34H. The molecular formula is C54H34N4S2. The monoisotopic (exact) mass is 802 g/mol. The molecule has 10 aromatic rings. The van der Waals surface area contributed by atoms with Crippen molar-refractivity contribution in [1.82, 2.24) is 15.0 Å². The SMILES string of the molecule is c1ccc(-c2ccc(-c3nc(-c4ccc(-c5ccccc5)cc4)nc(-c4ccc(N5c6ccccc6C6(c7ccccc75)c5ccsc5-c5sccc56)cc4)n3)cc2)cc1. The summed E-state index contributed by atoms with van der Waals surface area (Å²) in [4.78, 5) is 20.5. The van der Waals surface area contributed by atoms with Crippen LogP contribution in [-0.4, -0.2) is 15.0 Å². The van der Waals surface area contributed by atoms with E-state index in [2.05, 4.69) is 198 Å². The molecule has 7 aromatic carbocycles. The Kier molecular flexibility index (Phi) is 8.08. The van der Waals surface area contributed by atoms with E-state index in [-0.39, 0.29) is 5.41 Å². The lowest BCUT2D eigenvalue weighted by Crippen LogP contribution is -2.35. The van der Waals surface area contributed by atoms with Gasteiger partial charge in [0, 0.05) is 32.1 Å². The van der Waals surface area contributed by atoms with Gasteiger partial charge in [-0.1, -0.05) is 146 Å². The molecule has 282 valence electrons. The number of rotatable bonds is 6. The Morgan fingerprint density at radius 1 is 0.317 bits per heavy atom. The molecule has 2 aliphatic rings. The van der Waals surface area contributed by atoms with Crippen LogP contribution >= 0.6 is 22.7 Å². The van der Waals surface area contributed by atoms with Gasteiger partial charge >= 0.3 is 0 Å². The van der Waals surface area contributed by atoms with Gasteiger partial charge in [0.05, 0.1) is 16.8 Å². The molecule has 0 bridgehead atoms. The van der Waals surface area contributed by atoms with Gasteiger partial charge in [0.1, 0.15) is 0 Å². The maximum atomic E-state index is 5.13. The largest absolute Gasteiger partial charge is 0.310 e. The highest BCUT2D eigenvalue weighted by Crippen LogP contribution is 2.65. The van der Waals surface area contributed by atoms with Gasteiger partial charge in [0.15, 0.2) is 17.5 Å². The van der Waals surface area contributed by atoms with Crippen LogP contribution in [0.3, 0.4) is 0 Å². The quantitative estimate of drug-likeness (QED) is 0.168. The molecule has 0 amide bonds. The predicted octanol–water partition coefficient (Wildman–Crippen LogP) is 14.5. The van der Waals surface area contributed by atoms with Crippen molar-refractivity contribution in [1.29, 1.82) is 0 Å². The number of aromatic nitrogens is 3. The molecule has 0 saturated heterocycles. The number of para-hydroxylation sites is 2. The molecule has 12 rings (SSSR count). The summed E-state index contributed by atoms with van der Waals surface area (Å²) in [5, 5.41) is 4.51. The molecule has 6 heteroatoms. The van der Waals surface area contributed by atoms with Crippen LogP contribution < -0.4 is 4.90 Å². The number of thiophene rings is 2. The molecule has 0 N–H and O–H groups in total. The Morgan fingerprint density at radius 2 is 0.667 bits per heavy atom. The van der Waals surface area contributed by atoms with Gasteiger partial charge < -0.3 is 4.90 Å². The molecule has 0 fully saturated rings. The van der Waals surface area contributed by atoms with Crippen LogP contribution in [0.2, 0.25) is 0 Å². The van der Waals surface area contributed by atoms with E-state index in [9.17, 15) is 0 Å². The average molecular weight is 803 g/mol. The van der Waals surface area contributed by atoms with Crippen LogP contribution in [0.4, 0.5) is 17.1 Å². The topological polar surface area (TPSA) is 41.9 Å². The minimum absolute atomic E-state index is 0.370. The third-order valence-electron chi connectivity index (χ3n) is 12.0. The van der Waals surface area contributed by atoms with Crippen molar-refractivity contribution in [3.8, 4) is 66.2 Å². The van der Waals surface area contributed by atoms with Gasteiger partial charge in [0.25, 0.3) is 0 Å². The van der Waals surface area contributed by atoms with Crippen molar-refractivity contribution >= 4 is 39.7 Å². The van der Waals surface area contributed by atoms with E-state index in [1.807, 2.05) is 34.8 Å². The van der Waals surface area contributed by atoms with Crippen LogP contribution in [0.1, 0.15) is 22.3 Å². The lowest BCUT2D eigenvalue weighted by atomic mass is 9.65. The predicted molar refractivity (Wildman–Crippen MR) is 248 cm³/mol. The van der Waals surface area contributed by atoms with Gasteiger partial charge in [-0.25, -0.2) is 15.0 Å².